The van der Waals surface area contributed by atoms with Gasteiger partial charge in [-0.2, -0.15) is 0 Å². The predicted octanol–water partition coefficient (Wildman–Crippen LogP) is 8.72. The topological polar surface area (TPSA) is 21.4 Å². The Morgan fingerprint density at radius 1 is 0.892 bits per heavy atom. The molecule has 0 saturated heterocycles. The second-order valence-corrected chi connectivity index (χ2v) is 8.96. The van der Waals surface area contributed by atoms with Gasteiger partial charge in [-0.1, -0.05) is 78.9 Å². The molecule has 0 radical (unpaired) electrons. The molecule has 3 nitrogen and oxygen atoms in total. The van der Waals surface area contributed by atoms with E-state index in [2.05, 4.69) is 4.85 Å². The molecule has 0 aliphatic rings. The molecule has 6 aromatic rings. The Hall–Kier alpha value is -4.75. The average Bonchev–Trinajstić information content (AvgIpc) is 3.36. The Morgan fingerprint density at radius 3 is 2.35 bits per heavy atom. The van der Waals surface area contributed by atoms with Crippen LogP contribution in [0.1, 0.15) is 18.0 Å². The lowest BCUT2D eigenvalue weighted by molar-refractivity contribution is -0.661. The van der Waals surface area contributed by atoms with Crippen molar-refractivity contribution in [3.63, 3.8) is 0 Å². The van der Waals surface area contributed by atoms with Gasteiger partial charge in [-0.25, -0.2) is 13.8 Å². The summed E-state index contributed by atoms with van der Waals surface area (Å²) in [6.45, 7) is 6.70. The lowest BCUT2D eigenvalue weighted by Gasteiger charge is -2.07. The van der Waals surface area contributed by atoms with Crippen LogP contribution in [0.25, 0.3) is 60.3 Å². The summed E-state index contributed by atoms with van der Waals surface area (Å²) in [6, 6.07) is 24.6. The number of aryl methyl sites for hydroxylation is 1. The highest BCUT2D eigenvalue weighted by Gasteiger charge is 2.24. The van der Waals surface area contributed by atoms with Gasteiger partial charge in [0.15, 0.2) is 11.9 Å². The molecule has 37 heavy (non-hydrogen) atoms. The van der Waals surface area contributed by atoms with Crippen LogP contribution in [-0.4, -0.2) is 0 Å². The molecule has 0 bridgehead atoms. The van der Waals surface area contributed by atoms with E-state index in [1.165, 1.54) is 11.6 Å². The van der Waals surface area contributed by atoms with Gasteiger partial charge >= 0.3 is 0 Å². The molecular formula is C33H24FN2O+. The number of fused-ring (bicyclic) bond motifs is 3. The predicted molar refractivity (Wildman–Crippen MR) is 147 cm³/mol. The Bertz CT molecular complexity index is 2050. The highest BCUT2D eigenvalue weighted by Crippen LogP contribution is 2.44. The second-order valence-electron chi connectivity index (χ2n) is 8.96. The molecule has 0 aliphatic heterocycles. The summed E-state index contributed by atoms with van der Waals surface area (Å²) < 4.78 is 63.4. The molecule has 4 aromatic carbocycles. The van der Waals surface area contributed by atoms with Crippen LogP contribution < -0.4 is 4.57 Å². The number of halogens is 1. The normalized spacial score (nSPS) is 13.5. The van der Waals surface area contributed by atoms with Crippen LogP contribution in [-0.2, 0) is 7.05 Å². The van der Waals surface area contributed by atoms with Crippen molar-refractivity contribution in [3.8, 4) is 33.5 Å². The van der Waals surface area contributed by atoms with Crippen LogP contribution >= 0.6 is 0 Å². The third kappa shape index (κ3) is 3.68. The fourth-order valence-corrected chi connectivity index (χ4v) is 4.87. The molecule has 0 N–H and O–H groups in total. The summed E-state index contributed by atoms with van der Waals surface area (Å²) in [4.78, 5) is 3.73. The lowest BCUT2D eigenvalue weighted by atomic mass is 9.97. The molecule has 6 rings (SSSR count). The number of benzene rings is 4. The molecule has 0 aliphatic carbocycles. The first-order valence-electron chi connectivity index (χ1n) is 14.2. The van der Waals surface area contributed by atoms with Crippen molar-refractivity contribution in [2.45, 2.75) is 13.8 Å². The number of nitrogens with zero attached hydrogens (tertiary/aromatic N) is 2. The first-order chi connectivity index (χ1) is 20.0. The number of hydrogen-bond acceptors (Lipinski definition) is 1. The quantitative estimate of drug-likeness (QED) is 0.180. The van der Waals surface area contributed by atoms with Crippen molar-refractivity contribution in [1.82, 2.24) is 0 Å². The zero-order valence-corrected chi connectivity index (χ0v) is 20.2. The summed E-state index contributed by atoms with van der Waals surface area (Å²) in [5.41, 5.74) is 5.18. The van der Waals surface area contributed by atoms with E-state index in [0.29, 0.717) is 38.8 Å². The van der Waals surface area contributed by atoms with Gasteiger partial charge in [0.1, 0.15) is 25.4 Å². The van der Waals surface area contributed by atoms with E-state index in [1.807, 2.05) is 66.7 Å². The first kappa shape index (κ1) is 17.6. The zero-order valence-electron chi connectivity index (χ0n) is 25.2. The minimum atomic E-state index is -2.90. The minimum Gasteiger partial charge on any atom is -0.456 e. The molecule has 0 saturated carbocycles. The van der Waals surface area contributed by atoms with E-state index in [0.717, 1.165) is 22.3 Å². The number of rotatable bonds is 3. The van der Waals surface area contributed by atoms with Crippen molar-refractivity contribution in [2.24, 2.45) is 7.05 Å². The van der Waals surface area contributed by atoms with Crippen molar-refractivity contribution in [2.75, 3.05) is 0 Å². The van der Waals surface area contributed by atoms with Gasteiger partial charge in [0.2, 0.25) is 5.69 Å². The van der Waals surface area contributed by atoms with Crippen molar-refractivity contribution in [3.05, 3.63) is 119 Å². The van der Waals surface area contributed by atoms with Crippen LogP contribution in [0.4, 0.5) is 10.1 Å². The summed E-state index contributed by atoms with van der Waals surface area (Å²) in [6.07, 6.45) is -0.549. The van der Waals surface area contributed by atoms with Crippen LogP contribution in [0, 0.1) is 26.2 Å². The van der Waals surface area contributed by atoms with E-state index in [1.54, 1.807) is 19.1 Å². The average molecular weight is 489 g/mol. The monoisotopic (exact) mass is 488 g/mol. The molecule has 178 valence electrons. The lowest BCUT2D eigenvalue weighted by Crippen LogP contribution is -2.31. The van der Waals surface area contributed by atoms with Gasteiger partial charge < -0.3 is 4.42 Å². The van der Waals surface area contributed by atoms with Crippen molar-refractivity contribution in [1.29, 1.82) is 0 Å². The van der Waals surface area contributed by atoms with Crippen molar-refractivity contribution < 1.29 is 20.2 Å². The Labute approximate surface area is 221 Å². The molecule has 2 heterocycles. The van der Waals surface area contributed by atoms with Crippen LogP contribution in [0.15, 0.2) is 95.5 Å². The molecule has 0 amide bonds. The zero-order chi connectivity index (χ0) is 29.9. The molecular weight excluding hydrogens is 459 g/mol. The fourth-order valence-electron chi connectivity index (χ4n) is 4.87. The van der Waals surface area contributed by atoms with Gasteiger partial charge in [-0.15, -0.1) is 0 Å². The van der Waals surface area contributed by atoms with E-state index in [4.69, 9.17) is 17.8 Å². The number of pyridine rings is 1. The van der Waals surface area contributed by atoms with Gasteiger partial charge in [-0.3, -0.25) is 0 Å². The molecule has 0 unspecified atom stereocenters. The number of hydrogen-bond donors (Lipinski definition) is 0. The summed E-state index contributed by atoms with van der Waals surface area (Å²) in [5.74, 6) is -1.26. The maximum Gasteiger partial charge on any atom is 0.219 e. The van der Waals surface area contributed by atoms with Crippen LogP contribution in [0.2, 0.25) is 0 Å². The molecule has 4 heteroatoms. The largest absolute Gasteiger partial charge is 0.456 e. The Balaban J connectivity index is 1.64. The fraction of sp³-hybridized carbons (Fsp3) is 0.0909. The molecule has 0 spiro atoms. The van der Waals surface area contributed by atoms with Crippen molar-refractivity contribution >= 4 is 27.6 Å². The maximum absolute atomic E-state index is 15.4. The van der Waals surface area contributed by atoms with Gasteiger partial charge in [0, 0.05) is 32.1 Å². The molecule has 0 atom stereocenters. The van der Waals surface area contributed by atoms with E-state index in [9.17, 15) is 0 Å². The third-order valence-electron chi connectivity index (χ3n) is 6.70. The highest BCUT2D eigenvalue weighted by molar-refractivity contribution is 6.18. The minimum absolute atomic E-state index is 0.0192. The Kier molecular flexibility index (Phi) is 4.16. The first-order valence-corrected chi connectivity index (χ1v) is 11.7. The van der Waals surface area contributed by atoms with Crippen LogP contribution in [0.3, 0.4) is 0 Å². The van der Waals surface area contributed by atoms with Gasteiger partial charge in [-0.05, 0) is 36.0 Å². The summed E-state index contributed by atoms with van der Waals surface area (Å²) in [5, 5.41) is 1.19. The van der Waals surface area contributed by atoms with E-state index >= 15 is 4.39 Å². The Morgan fingerprint density at radius 2 is 1.62 bits per heavy atom. The highest BCUT2D eigenvalue weighted by atomic mass is 19.1. The molecule has 2 aromatic heterocycles. The number of aromatic nitrogens is 1. The van der Waals surface area contributed by atoms with Crippen LogP contribution in [0.5, 0.6) is 0 Å². The summed E-state index contributed by atoms with van der Waals surface area (Å²) in [7, 11) is 1.44. The smallest absolute Gasteiger partial charge is 0.219 e. The standard InChI is InChI=1S/C33H24FN2O/c1-20-10-15-26-31-28(35-3)17-16-25(24-13-11-23(12-14-24)22-8-6-5-7-9-22)32(31)37-33(26)30(20)29-18-27(34)21(2)19-36(29)4/h5-19H,1-2,4H3/q+1/i2D3,18D,19D. The van der Waals surface area contributed by atoms with E-state index in [-0.39, 0.29) is 5.69 Å². The number of furan rings is 1. The van der Waals surface area contributed by atoms with E-state index < -0.39 is 30.4 Å². The third-order valence-corrected chi connectivity index (χ3v) is 6.70. The SMILES string of the molecule is [2H]c1c(F)c(C([2H])([2H])[2H])c([2H])[n+](C)c1-c1c(C)ccc2c1oc1c(-c3ccc(-c4ccccc4)cc3)ccc([N+]#[C-])c12. The summed E-state index contributed by atoms with van der Waals surface area (Å²) >= 11 is 0. The molecule has 0 fully saturated rings. The van der Waals surface area contributed by atoms with Gasteiger partial charge in [0.25, 0.3) is 0 Å². The van der Waals surface area contributed by atoms with Gasteiger partial charge in [0.05, 0.1) is 13.5 Å². The maximum atomic E-state index is 15.4. The second kappa shape index (κ2) is 8.72.